The van der Waals surface area contributed by atoms with Gasteiger partial charge >= 0.3 is 5.97 Å². The Labute approximate surface area is 91.2 Å². The molecule has 1 aliphatic heterocycles. The van der Waals surface area contributed by atoms with Crippen LogP contribution in [0.3, 0.4) is 0 Å². The summed E-state index contributed by atoms with van der Waals surface area (Å²) < 4.78 is 10.2. The van der Waals surface area contributed by atoms with Gasteiger partial charge in [0.25, 0.3) is 0 Å². The molecule has 0 spiro atoms. The fraction of sp³-hybridized carbons (Fsp3) is 0.182. The molecular weight excluding hydrogens is 212 g/mol. The first kappa shape index (κ1) is 10.3. The summed E-state index contributed by atoms with van der Waals surface area (Å²) in [6.45, 7) is 0.148. The predicted molar refractivity (Wildman–Crippen MR) is 52.9 cm³/mol. The Morgan fingerprint density at radius 3 is 2.88 bits per heavy atom. The second-order valence-electron chi connectivity index (χ2n) is 3.09. The highest BCUT2D eigenvalue weighted by Crippen LogP contribution is 2.33. The standard InChI is InChI=1S/C11H8O5/c12-8(2-4-11(13)14)7-1-3-9-10(5-7)16-6-15-9/h1,3,5,8,12H,6H2,(H,13,14). The van der Waals surface area contributed by atoms with E-state index in [2.05, 4.69) is 5.92 Å². The van der Waals surface area contributed by atoms with E-state index in [1.807, 2.05) is 5.92 Å². The van der Waals surface area contributed by atoms with Gasteiger partial charge in [0.15, 0.2) is 11.5 Å². The number of carbonyl (C=O) groups is 1. The van der Waals surface area contributed by atoms with Crippen LogP contribution in [0.25, 0.3) is 0 Å². The minimum Gasteiger partial charge on any atom is -0.472 e. The van der Waals surface area contributed by atoms with Gasteiger partial charge in [0.1, 0.15) is 6.10 Å². The van der Waals surface area contributed by atoms with Gasteiger partial charge in [0.2, 0.25) is 6.79 Å². The zero-order valence-corrected chi connectivity index (χ0v) is 8.14. The Kier molecular flexibility index (Phi) is 2.66. The molecule has 1 aromatic carbocycles. The Hall–Kier alpha value is -2.19. The summed E-state index contributed by atoms with van der Waals surface area (Å²) >= 11 is 0. The molecule has 0 aliphatic carbocycles. The van der Waals surface area contributed by atoms with Gasteiger partial charge in [-0.2, -0.15) is 0 Å². The van der Waals surface area contributed by atoms with Gasteiger partial charge in [-0.05, 0) is 17.7 Å². The van der Waals surface area contributed by atoms with E-state index in [1.54, 1.807) is 18.2 Å². The highest BCUT2D eigenvalue weighted by molar-refractivity contribution is 5.86. The maximum Gasteiger partial charge on any atom is 0.382 e. The number of benzene rings is 1. The van der Waals surface area contributed by atoms with E-state index >= 15 is 0 Å². The molecule has 1 atom stereocenters. The second kappa shape index (κ2) is 4.13. The van der Waals surface area contributed by atoms with Crippen molar-refractivity contribution in [2.75, 3.05) is 6.79 Å². The van der Waals surface area contributed by atoms with Crippen LogP contribution in [0.15, 0.2) is 18.2 Å². The van der Waals surface area contributed by atoms with Crippen molar-refractivity contribution in [2.45, 2.75) is 6.10 Å². The molecule has 16 heavy (non-hydrogen) atoms. The smallest absolute Gasteiger partial charge is 0.382 e. The van der Waals surface area contributed by atoms with Gasteiger partial charge in [0, 0.05) is 5.92 Å². The van der Waals surface area contributed by atoms with E-state index in [9.17, 15) is 9.90 Å². The Bertz CT molecular complexity index is 483. The Balaban J connectivity index is 2.22. The Morgan fingerprint density at radius 2 is 2.12 bits per heavy atom. The summed E-state index contributed by atoms with van der Waals surface area (Å²) in [6.07, 6.45) is -1.15. The first-order valence-electron chi connectivity index (χ1n) is 4.49. The highest BCUT2D eigenvalue weighted by Gasteiger charge is 2.15. The zero-order valence-electron chi connectivity index (χ0n) is 8.14. The predicted octanol–water partition coefficient (Wildman–Crippen LogP) is 0.537. The third-order valence-corrected chi connectivity index (χ3v) is 2.03. The quantitative estimate of drug-likeness (QED) is 0.675. The highest BCUT2D eigenvalue weighted by atomic mass is 16.7. The fourth-order valence-corrected chi connectivity index (χ4v) is 1.30. The lowest BCUT2D eigenvalue weighted by Gasteiger charge is -2.04. The van der Waals surface area contributed by atoms with Gasteiger partial charge in [-0.1, -0.05) is 12.0 Å². The molecule has 5 heteroatoms. The van der Waals surface area contributed by atoms with Crippen LogP contribution in [-0.4, -0.2) is 23.0 Å². The molecule has 0 fully saturated rings. The molecule has 0 amide bonds. The molecule has 1 aliphatic rings. The normalized spacial score (nSPS) is 13.8. The van der Waals surface area contributed by atoms with Crippen molar-refractivity contribution < 1.29 is 24.5 Å². The van der Waals surface area contributed by atoms with Crippen molar-refractivity contribution in [1.82, 2.24) is 0 Å². The SMILES string of the molecule is O=C(O)C#CC(O)c1ccc2c(c1)OCO2. The van der Waals surface area contributed by atoms with Crippen LogP contribution in [0.5, 0.6) is 11.5 Å². The number of aliphatic hydroxyl groups is 1. The molecular formula is C11H8O5. The molecule has 1 heterocycles. The Morgan fingerprint density at radius 1 is 1.38 bits per heavy atom. The number of hydrogen-bond donors (Lipinski definition) is 2. The number of ether oxygens (including phenoxy) is 2. The lowest BCUT2D eigenvalue weighted by Crippen LogP contribution is -1.96. The first-order chi connectivity index (χ1) is 7.66. The van der Waals surface area contributed by atoms with Crippen LogP contribution >= 0.6 is 0 Å². The van der Waals surface area contributed by atoms with Crippen LogP contribution in [0.2, 0.25) is 0 Å². The van der Waals surface area contributed by atoms with Gasteiger partial charge in [-0.25, -0.2) is 4.79 Å². The maximum atomic E-state index is 10.2. The zero-order chi connectivity index (χ0) is 11.5. The van der Waals surface area contributed by atoms with E-state index in [-0.39, 0.29) is 6.79 Å². The molecule has 2 N–H and O–H groups in total. The maximum absolute atomic E-state index is 10.2. The third kappa shape index (κ3) is 2.07. The summed E-state index contributed by atoms with van der Waals surface area (Å²) in [5, 5.41) is 17.9. The third-order valence-electron chi connectivity index (χ3n) is 2.03. The summed E-state index contributed by atoms with van der Waals surface area (Å²) in [5.41, 5.74) is 0.470. The molecule has 1 unspecified atom stereocenters. The van der Waals surface area contributed by atoms with E-state index in [4.69, 9.17) is 14.6 Å². The number of aliphatic carboxylic acids is 1. The minimum absolute atomic E-state index is 0.148. The number of carboxylic acid groups (broad SMARTS) is 1. The largest absolute Gasteiger partial charge is 0.472 e. The molecule has 2 rings (SSSR count). The number of rotatable bonds is 1. The average molecular weight is 220 g/mol. The lowest BCUT2D eigenvalue weighted by atomic mass is 10.1. The lowest BCUT2D eigenvalue weighted by molar-refractivity contribution is -0.130. The fourth-order valence-electron chi connectivity index (χ4n) is 1.30. The number of aliphatic hydroxyl groups excluding tert-OH is 1. The van der Waals surface area contributed by atoms with Gasteiger partial charge in [-0.3, -0.25) is 0 Å². The molecule has 0 radical (unpaired) electrons. The summed E-state index contributed by atoms with van der Waals surface area (Å²) in [7, 11) is 0. The van der Waals surface area contributed by atoms with Crippen LogP contribution in [0.4, 0.5) is 0 Å². The summed E-state index contributed by atoms with van der Waals surface area (Å²) in [6, 6.07) is 4.82. The second-order valence-corrected chi connectivity index (χ2v) is 3.09. The van der Waals surface area contributed by atoms with Crippen molar-refractivity contribution >= 4 is 5.97 Å². The molecule has 0 aromatic heterocycles. The minimum atomic E-state index is -1.28. The van der Waals surface area contributed by atoms with E-state index in [0.717, 1.165) is 0 Å². The molecule has 1 aromatic rings. The number of fused-ring (bicyclic) bond motifs is 1. The number of carboxylic acids is 1. The van der Waals surface area contributed by atoms with Crippen molar-refractivity contribution in [3.8, 4) is 23.3 Å². The van der Waals surface area contributed by atoms with E-state index < -0.39 is 12.1 Å². The monoisotopic (exact) mass is 220 g/mol. The van der Waals surface area contributed by atoms with Gasteiger partial charge in [-0.15, -0.1) is 0 Å². The summed E-state index contributed by atoms with van der Waals surface area (Å²) in [5.74, 6) is 3.90. The van der Waals surface area contributed by atoms with Gasteiger partial charge < -0.3 is 19.7 Å². The molecule has 5 nitrogen and oxygen atoms in total. The number of hydrogen-bond acceptors (Lipinski definition) is 4. The van der Waals surface area contributed by atoms with Crippen molar-refractivity contribution in [1.29, 1.82) is 0 Å². The topological polar surface area (TPSA) is 76.0 Å². The van der Waals surface area contributed by atoms with E-state index in [1.165, 1.54) is 0 Å². The molecule has 0 bridgehead atoms. The van der Waals surface area contributed by atoms with Crippen molar-refractivity contribution in [3.63, 3.8) is 0 Å². The molecule has 0 saturated carbocycles. The van der Waals surface area contributed by atoms with Crippen molar-refractivity contribution in [2.24, 2.45) is 0 Å². The first-order valence-corrected chi connectivity index (χ1v) is 4.49. The van der Waals surface area contributed by atoms with E-state index in [0.29, 0.717) is 17.1 Å². The van der Waals surface area contributed by atoms with Crippen molar-refractivity contribution in [3.05, 3.63) is 23.8 Å². The summed E-state index contributed by atoms with van der Waals surface area (Å²) in [4.78, 5) is 10.2. The van der Waals surface area contributed by atoms with Crippen LogP contribution in [0, 0.1) is 11.8 Å². The average Bonchev–Trinajstić information content (AvgIpc) is 2.72. The molecule has 0 saturated heterocycles. The van der Waals surface area contributed by atoms with Gasteiger partial charge in [0.05, 0.1) is 0 Å². The van der Waals surface area contributed by atoms with Crippen LogP contribution in [-0.2, 0) is 4.79 Å². The van der Waals surface area contributed by atoms with Crippen LogP contribution in [0.1, 0.15) is 11.7 Å². The molecule has 82 valence electrons. The van der Waals surface area contributed by atoms with Crippen LogP contribution < -0.4 is 9.47 Å².